The normalized spacial score (nSPS) is 17.3. The van der Waals surface area contributed by atoms with Gasteiger partial charge in [0.2, 0.25) is 24.4 Å². The number of carbonyl (C=O) groups excluding carboxylic acids is 2. The molecule has 3 aromatic heterocycles. The summed E-state index contributed by atoms with van der Waals surface area (Å²) in [4.78, 5) is 29.6. The van der Waals surface area contributed by atoms with E-state index in [4.69, 9.17) is 62.8 Å². The number of hydrogen-bond donors (Lipinski definition) is 4. The zero-order valence-electron chi connectivity index (χ0n) is 44.0. The van der Waals surface area contributed by atoms with E-state index in [1.54, 1.807) is 60.7 Å². The molecule has 0 bridgehead atoms. The van der Waals surface area contributed by atoms with Crippen molar-refractivity contribution in [2.75, 3.05) is 28.8 Å². The van der Waals surface area contributed by atoms with Crippen LogP contribution in [-0.2, 0) is 44.4 Å². The summed E-state index contributed by atoms with van der Waals surface area (Å²) in [6.45, 7) is 0.234. The first-order valence-corrected chi connectivity index (χ1v) is 29.0. The van der Waals surface area contributed by atoms with Crippen LogP contribution in [0.1, 0.15) is 59.0 Å². The van der Waals surface area contributed by atoms with Crippen LogP contribution in [0.5, 0.6) is 34.5 Å². The second kappa shape index (κ2) is 23.7. The highest BCUT2D eigenvalue weighted by molar-refractivity contribution is 7.92. The van der Waals surface area contributed by atoms with Crippen LogP contribution in [0, 0.1) is 17.6 Å². The van der Waals surface area contributed by atoms with E-state index in [2.05, 4.69) is 19.9 Å². The third-order valence-corrected chi connectivity index (χ3v) is 17.0. The lowest BCUT2D eigenvalue weighted by molar-refractivity contribution is -0.153. The SMILES string of the molecule is NC(=O)[C@@H]1CC[C@H](c2ccc(OCc3ccccc3F)cc2)C1.Nc1[nH]ncc1-c1cc(Cl)ccc1Oc1cc(F)c(S(=O)(=O)Nc2cscn2)cc1Cl.O=C1N(Cc2ccc(C(F)(F)F)o2)c2ccccc2[C@]12COc1cc3c(cc12)OCO3. The van der Waals surface area contributed by atoms with E-state index in [-0.39, 0.29) is 84.0 Å². The number of nitrogens with one attached hydrogen (secondary N) is 2. The molecule has 3 atom stereocenters. The summed E-state index contributed by atoms with van der Waals surface area (Å²) in [5.74, 6) is 0.321. The molecule has 0 saturated heterocycles. The van der Waals surface area contributed by atoms with Crippen LogP contribution >= 0.6 is 34.5 Å². The minimum absolute atomic E-state index is 0.00279. The van der Waals surface area contributed by atoms with Gasteiger partial charge in [-0.2, -0.15) is 18.3 Å². The smallest absolute Gasteiger partial charge is 0.449 e. The molecule has 6 aromatic carbocycles. The van der Waals surface area contributed by atoms with Crippen molar-refractivity contribution in [3.63, 3.8) is 0 Å². The number of carbonyl (C=O) groups is 2. The van der Waals surface area contributed by atoms with E-state index in [9.17, 15) is 40.0 Å². The average molecular weight is 1240 g/mol. The van der Waals surface area contributed by atoms with Gasteiger partial charge in [-0.05, 0) is 103 Å². The Morgan fingerprint density at radius 3 is 2.33 bits per heavy atom. The van der Waals surface area contributed by atoms with Crippen LogP contribution in [0.3, 0.4) is 0 Å². The lowest BCUT2D eigenvalue weighted by atomic mass is 9.77. The minimum atomic E-state index is -4.59. The number of nitrogens with two attached hydrogens (primary N) is 2. The number of anilines is 3. The monoisotopic (exact) mass is 1240 g/mol. The number of hydrogen-bond acceptors (Lipinski definition) is 14. The van der Waals surface area contributed by atoms with Crippen molar-refractivity contribution in [2.45, 2.75) is 54.8 Å². The van der Waals surface area contributed by atoms with Crippen LogP contribution in [0.15, 0.2) is 154 Å². The van der Waals surface area contributed by atoms with E-state index >= 15 is 0 Å². The predicted molar refractivity (Wildman–Crippen MR) is 304 cm³/mol. The van der Waals surface area contributed by atoms with E-state index in [0.29, 0.717) is 61.9 Å². The highest BCUT2D eigenvalue weighted by Crippen LogP contribution is 2.55. The number of fused-ring (bicyclic) bond motifs is 5. The van der Waals surface area contributed by atoms with Crippen LogP contribution in [0.2, 0.25) is 10.0 Å². The molecule has 1 fully saturated rings. The number of benzene rings is 6. The molecule has 85 heavy (non-hydrogen) atoms. The molecule has 26 heteroatoms. The van der Waals surface area contributed by atoms with Crippen LogP contribution in [-0.4, -0.2) is 48.8 Å². The first-order valence-electron chi connectivity index (χ1n) is 25.8. The van der Waals surface area contributed by atoms with Crippen molar-refractivity contribution in [3.8, 4) is 45.6 Å². The molecule has 1 saturated carbocycles. The Hall–Kier alpha value is -8.84. The fourth-order valence-electron chi connectivity index (χ4n) is 10.3. The molecule has 17 nitrogen and oxygen atoms in total. The highest BCUT2D eigenvalue weighted by atomic mass is 35.5. The summed E-state index contributed by atoms with van der Waals surface area (Å²) in [5, 5.41) is 8.23. The third kappa shape index (κ3) is 12.0. The summed E-state index contributed by atoms with van der Waals surface area (Å²) in [6, 6.07) is 33.7. The van der Waals surface area contributed by atoms with Gasteiger partial charge in [0.25, 0.3) is 10.0 Å². The van der Waals surface area contributed by atoms with Crippen molar-refractivity contribution < 1.29 is 68.1 Å². The number of amides is 2. The van der Waals surface area contributed by atoms with E-state index in [1.165, 1.54) is 51.0 Å². The number of aromatic nitrogens is 3. The Morgan fingerprint density at radius 1 is 0.859 bits per heavy atom. The van der Waals surface area contributed by atoms with Gasteiger partial charge in [0.05, 0.1) is 23.3 Å². The second-order valence-electron chi connectivity index (χ2n) is 19.8. The maximum atomic E-state index is 14.7. The largest absolute Gasteiger partial charge is 0.491 e. The number of alkyl halides is 3. The van der Waals surface area contributed by atoms with Gasteiger partial charge in [-0.15, -0.1) is 11.3 Å². The molecule has 1 spiro atoms. The van der Waals surface area contributed by atoms with Gasteiger partial charge >= 0.3 is 6.18 Å². The van der Waals surface area contributed by atoms with Gasteiger partial charge < -0.3 is 44.5 Å². The number of ether oxygens (including phenoxy) is 5. The van der Waals surface area contributed by atoms with Crippen molar-refractivity contribution >= 4 is 73.7 Å². The zero-order chi connectivity index (χ0) is 59.8. The fourth-order valence-corrected chi connectivity index (χ4v) is 12.4. The zero-order valence-corrected chi connectivity index (χ0v) is 47.1. The van der Waals surface area contributed by atoms with Crippen molar-refractivity contribution in [3.05, 3.63) is 200 Å². The molecular weight excluding hydrogens is 1200 g/mol. The number of furan rings is 1. The number of primary amides is 1. The van der Waals surface area contributed by atoms with Crippen LogP contribution in [0.25, 0.3) is 11.1 Å². The Bertz CT molecular complexity index is 4100. The molecule has 0 radical (unpaired) electrons. The Morgan fingerprint density at radius 2 is 1.62 bits per heavy atom. The third-order valence-electron chi connectivity index (χ3n) is 14.5. The molecule has 1 aliphatic carbocycles. The first kappa shape index (κ1) is 58.0. The van der Waals surface area contributed by atoms with Gasteiger partial charge in [0.1, 0.15) is 69.7 Å². The molecule has 4 aliphatic rings. The Labute approximate surface area is 495 Å². The van der Waals surface area contributed by atoms with E-state index in [1.807, 2.05) is 36.4 Å². The summed E-state index contributed by atoms with van der Waals surface area (Å²) in [6.07, 6.45) is -0.428. The van der Waals surface area contributed by atoms with E-state index < -0.39 is 38.1 Å². The summed E-state index contributed by atoms with van der Waals surface area (Å²) in [7, 11) is -4.25. The second-order valence-corrected chi connectivity index (χ2v) is 23.0. The summed E-state index contributed by atoms with van der Waals surface area (Å²) >= 11 is 13.5. The van der Waals surface area contributed by atoms with Gasteiger partial charge in [-0.3, -0.25) is 19.4 Å². The average Bonchev–Trinajstić information content (AvgIpc) is 1.91. The molecule has 6 N–H and O–H groups in total. The number of nitrogens with zero attached hydrogens (tertiary/aromatic N) is 3. The molecule has 2 amide bonds. The lowest BCUT2D eigenvalue weighted by Gasteiger charge is -2.22. The van der Waals surface area contributed by atoms with Crippen molar-refractivity contribution in [1.82, 2.24) is 15.2 Å². The van der Waals surface area contributed by atoms with E-state index in [0.717, 1.165) is 43.0 Å². The number of aromatic amines is 1. The minimum Gasteiger partial charge on any atom is -0.491 e. The standard InChI is InChI=1S/C22H14F3NO5.C19H20FNO2.C18H12Cl2FN5O3S2/c23-22(24,25)19-6-5-12(31-19)9-26-15-4-2-1-3-13(15)21(20(26)27)10-28-16-8-18-17(7-14(16)21)29-11-30-18;20-18-4-2-1-3-16(18)12-23-17-9-7-13(8-10-17)14-5-6-15(11-14)19(21)22;19-9-1-2-14(10(3-9)11-6-24-25-18(11)22)29-15-5-13(21)16(4-12(15)20)31(27,28)26-17-7-30-8-23-17/h1-8H,9-11H2;1-4,7-10,14-15H,5-6,11-12H2,(H2,21,22);1-8,26H,(H3,22,24,25)/t21-;14-,15+;/m00./s1. The summed E-state index contributed by atoms with van der Waals surface area (Å²) in [5.41, 5.74) is 16.3. The van der Waals surface area contributed by atoms with Crippen molar-refractivity contribution in [2.24, 2.45) is 11.7 Å². The number of rotatable bonds is 13. The number of para-hydroxylation sites is 1. The number of H-pyrrole nitrogens is 1. The summed E-state index contributed by atoms with van der Waals surface area (Å²) < 4.78 is 127. The molecule has 13 rings (SSSR count). The first-order chi connectivity index (χ1) is 40.7. The van der Waals surface area contributed by atoms with Crippen LogP contribution in [0.4, 0.5) is 39.3 Å². The molecule has 0 unspecified atom stereocenters. The Kier molecular flexibility index (Phi) is 16.1. The number of thiazole rings is 1. The maximum Gasteiger partial charge on any atom is 0.449 e. The topological polar surface area (TPSA) is 236 Å². The predicted octanol–water partition coefficient (Wildman–Crippen LogP) is 13.2. The number of halogens is 7. The van der Waals surface area contributed by atoms with Crippen molar-refractivity contribution in [1.29, 1.82) is 0 Å². The maximum absolute atomic E-state index is 14.7. The van der Waals surface area contributed by atoms with Gasteiger partial charge in [-0.1, -0.05) is 71.7 Å². The van der Waals surface area contributed by atoms with Gasteiger partial charge in [-0.25, -0.2) is 22.2 Å². The lowest BCUT2D eigenvalue weighted by Crippen LogP contribution is -2.42. The molecule has 3 aliphatic heterocycles. The molecule has 9 aromatic rings. The molecule has 6 heterocycles. The Balaban J connectivity index is 0.000000135. The number of sulfonamides is 1. The molecule has 438 valence electrons. The van der Waals surface area contributed by atoms with Crippen LogP contribution < -0.4 is 44.8 Å². The quantitative estimate of drug-likeness (QED) is 0.0787. The van der Waals surface area contributed by atoms with Gasteiger partial charge in [0, 0.05) is 56.4 Å². The highest BCUT2D eigenvalue weighted by Gasteiger charge is 2.57. The fraction of sp³-hybridized carbons (Fsp3) is 0.186. The molecular formula is C59H46Cl2F5N7O10S2. The van der Waals surface area contributed by atoms with Gasteiger partial charge in [0.15, 0.2) is 17.3 Å². The number of nitrogen functional groups attached to an aromatic ring is 1.